The summed E-state index contributed by atoms with van der Waals surface area (Å²) in [5.74, 6) is 2.29. The van der Waals surface area contributed by atoms with Crippen LogP contribution in [0.5, 0.6) is 0 Å². The molecule has 96 valence electrons. The number of aliphatic hydroxyl groups excluding tert-OH is 2. The summed E-state index contributed by atoms with van der Waals surface area (Å²) in [6.45, 7) is -0.323. The van der Waals surface area contributed by atoms with Crippen molar-refractivity contribution in [2.45, 2.75) is 24.9 Å². The highest BCUT2D eigenvalue weighted by atomic mass is 16.5. The largest absolute Gasteiger partial charge is 0.394 e. The van der Waals surface area contributed by atoms with Crippen LogP contribution in [0, 0.1) is 12.3 Å². The summed E-state index contributed by atoms with van der Waals surface area (Å²) in [6, 6.07) is 0. The summed E-state index contributed by atoms with van der Waals surface area (Å²) in [4.78, 5) is 15.3. The minimum absolute atomic E-state index is 0.0176. The molecule has 0 bridgehead atoms. The van der Waals surface area contributed by atoms with Crippen molar-refractivity contribution >= 4 is 5.82 Å². The minimum Gasteiger partial charge on any atom is -0.394 e. The van der Waals surface area contributed by atoms with Gasteiger partial charge in [0.1, 0.15) is 18.1 Å². The van der Waals surface area contributed by atoms with Gasteiger partial charge in [0.25, 0.3) is 0 Å². The number of nitrogens with two attached hydrogens (primary N) is 1. The van der Waals surface area contributed by atoms with Crippen molar-refractivity contribution in [3.63, 3.8) is 0 Å². The molecule has 7 nitrogen and oxygen atoms in total. The SMILES string of the molecule is C#Cc1cn([C@H]2C[C@@H](O)[C@@H](CO)O2)c(=O)nc1N. The van der Waals surface area contributed by atoms with E-state index in [1.807, 2.05) is 0 Å². The number of hydrogen-bond donors (Lipinski definition) is 3. The van der Waals surface area contributed by atoms with Crippen LogP contribution in [-0.2, 0) is 4.74 Å². The summed E-state index contributed by atoms with van der Waals surface area (Å²) in [5, 5.41) is 18.6. The zero-order valence-electron chi connectivity index (χ0n) is 9.48. The number of nitrogens with zero attached hydrogens (tertiary/aromatic N) is 2. The quantitative estimate of drug-likeness (QED) is 0.549. The smallest absolute Gasteiger partial charge is 0.351 e. The van der Waals surface area contributed by atoms with E-state index < -0.39 is 24.1 Å². The van der Waals surface area contributed by atoms with Crippen molar-refractivity contribution in [1.82, 2.24) is 9.55 Å². The van der Waals surface area contributed by atoms with Crippen LogP contribution >= 0.6 is 0 Å². The van der Waals surface area contributed by atoms with Crippen LogP contribution in [0.4, 0.5) is 5.82 Å². The van der Waals surface area contributed by atoms with Gasteiger partial charge in [-0.05, 0) is 0 Å². The summed E-state index contributed by atoms with van der Waals surface area (Å²) < 4.78 is 6.51. The van der Waals surface area contributed by atoms with E-state index in [-0.39, 0.29) is 24.4 Å². The van der Waals surface area contributed by atoms with Crippen molar-refractivity contribution in [1.29, 1.82) is 0 Å². The Morgan fingerprint density at radius 3 is 3.00 bits per heavy atom. The maximum absolute atomic E-state index is 11.7. The summed E-state index contributed by atoms with van der Waals surface area (Å²) >= 11 is 0. The molecule has 0 spiro atoms. The van der Waals surface area contributed by atoms with E-state index in [2.05, 4.69) is 10.9 Å². The van der Waals surface area contributed by atoms with Crippen molar-refractivity contribution in [2.24, 2.45) is 0 Å². The van der Waals surface area contributed by atoms with E-state index in [1.54, 1.807) is 0 Å². The average molecular weight is 251 g/mol. The fraction of sp³-hybridized carbons (Fsp3) is 0.455. The zero-order valence-corrected chi connectivity index (χ0v) is 9.48. The van der Waals surface area contributed by atoms with Gasteiger partial charge in [-0.25, -0.2) is 4.79 Å². The van der Waals surface area contributed by atoms with Crippen LogP contribution in [0.15, 0.2) is 11.0 Å². The van der Waals surface area contributed by atoms with Gasteiger partial charge >= 0.3 is 5.69 Å². The first-order valence-corrected chi connectivity index (χ1v) is 5.36. The fourth-order valence-corrected chi connectivity index (χ4v) is 1.85. The van der Waals surface area contributed by atoms with E-state index in [1.165, 1.54) is 10.8 Å². The van der Waals surface area contributed by atoms with Crippen LogP contribution < -0.4 is 11.4 Å². The Kier molecular flexibility index (Phi) is 3.34. The van der Waals surface area contributed by atoms with E-state index in [9.17, 15) is 9.90 Å². The van der Waals surface area contributed by atoms with Gasteiger partial charge in [0, 0.05) is 12.6 Å². The molecule has 0 aromatic carbocycles. The Bertz CT molecular complexity index is 548. The highest BCUT2D eigenvalue weighted by Gasteiger charge is 2.35. The lowest BCUT2D eigenvalue weighted by Gasteiger charge is -2.14. The number of aliphatic hydroxyl groups is 2. The Balaban J connectivity index is 2.36. The van der Waals surface area contributed by atoms with E-state index in [0.717, 1.165) is 0 Å². The molecule has 2 heterocycles. The molecule has 7 heteroatoms. The normalized spacial score (nSPS) is 27.1. The molecule has 18 heavy (non-hydrogen) atoms. The number of nitrogen functional groups attached to an aromatic ring is 1. The molecule has 1 aliphatic rings. The Hall–Kier alpha value is -1.88. The molecule has 4 N–H and O–H groups in total. The van der Waals surface area contributed by atoms with Gasteiger partial charge in [-0.1, -0.05) is 5.92 Å². The van der Waals surface area contributed by atoms with Crippen LogP contribution in [0.1, 0.15) is 18.2 Å². The van der Waals surface area contributed by atoms with Crippen molar-refractivity contribution in [3.8, 4) is 12.3 Å². The Morgan fingerprint density at radius 1 is 1.72 bits per heavy atom. The predicted molar refractivity (Wildman–Crippen MR) is 62.5 cm³/mol. The average Bonchev–Trinajstić information content (AvgIpc) is 2.70. The first-order chi connectivity index (χ1) is 8.56. The molecule has 1 aliphatic heterocycles. The Morgan fingerprint density at radius 2 is 2.44 bits per heavy atom. The predicted octanol–water partition coefficient (Wildman–Crippen LogP) is -1.55. The molecule has 2 rings (SSSR count). The lowest BCUT2D eigenvalue weighted by molar-refractivity contribution is -0.0458. The fourth-order valence-electron chi connectivity index (χ4n) is 1.85. The zero-order chi connectivity index (χ0) is 13.3. The Labute approximate surface area is 103 Å². The lowest BCUT2D eigenvalue weighted by Crippen LogP contribution is -2.28. The van der Waals surface area contributed by atoms with Crippen LogP contribution in [-0.4, -0.2) is 38.6 Å². The van der Waals surface area contributed by atoms with Gasteiger partial charge in [-0.2, -0.15) is 4.98 Å². The number of aromatic nitrogens is 2. The van der Waals surface area contributed by atoms with Crippen molar-refractivity contribution in [3.05, 3.63) is 22.2 Å². The molecule has 0 saturated carbocycles. The topological polar surface area (TPSA) is 111 Å². The second-order valence-corrected chi connectivity index (χ2v) is 3.99. The van der Waals surface area contributed by atoms with Gasteiger partial charge in [-0.15, -0.1) is 6.42 Å². The molecule has 0 radical (unpaired) electrons. The second kappa shape index (κ2) is 4.78. The standard InChI is InChI=1S/C11H13N3O4/c1-2-6-4-14(11(17)13-10(6)12)9-3-7(16)8(5-15)18-9/h1,4,7-9,15-16H,3,5H2,(H2,12,13,17)/t7-,8-,9-/m1/s1. The first kappa shape index (κ1) is 12.6. The third kappa shape index (κ3) is 2.09. The molecule has 0 amide bonds. The third-order valence-electron chi connectivity index (χ3n) is 2.83. The number of anilines is 1. The van der Waals surface area contributed by atoms with Crippen LogP contribution in [0.25, 0.3) is 0 Å². The molecule has 1 aromatic heterocycles. The molecule has 1 saturated heterocycles. The second-order valence-electron chi connectivity index (χ2n) is 3.99. The monoisotopic (exact) mass is 251 g/mol. The number of hydrogen-bond acceptors (Lipinski definition) is 6. The van der Waals surface area contributed by atoms with Gasteiger partial charge in [0.15, 0.2) is 0 Å². The van der Waals surface area contributed by atoms with Gasteiger partial charge in [0.05, 0.1) is 18.3 Å². The van der Waals surface area contributed by atoms with Crippen molar-refractivity contribution in [2.75, 3.05) is 12.3 Å². The van der Waals surface area contributed by atoms with Crippen molar-refractivity contribution < 1.29 is 14.9 Å². The minimum atomic E-state index is -0.835. The molecule has 1 aromatic rings. The molecular weight excluding hydrogens is 238 g/mol. The molecule has 3 atom stereocenters. The molecule has 0 aliphatic carbocycles. The van der Waals surface area contributed by atoms with Gasteiger partial charge < -0.3 is 20.7 Å². The maximum Gasteiger partial charge on any atom is 0.351 e. The molecule has 0 unspecified atom stereocenters. The molecule has 1 fully saturated rings. The number of ether oxygens (including phenoxy) is 1. The van der Waals surface area contributed by atoms with E-state index in [0.29, 0.717) is 0 Å². The van der Waals surface area contributed by atoms with Gasteiger partial charge in [0.2, 0.25) is 0 Å². The van der Waals surface area contributed by atoms with Crippen LogP contribution in [0.2, 0.25) is 0 Å². The highest BCUT2D eigenvalue weighted by Crippen LogP contribution is 2.27. The number of rotatable bonds is 2. The first-order valence-electron chi connectivity index (χ1n) is 5.36. The third-order valence-corrected chi connectivity index (χ3v) is 2.83. The molecular formula is C11H13N3O4. The van der Waals surface area contributed by atoms with Gasteiger partial charge in [-0.3, -0.25) is 4.57 Å². The lowest BCUT2D eigenvalue weighted by atomic mass is 10.2. The highest BCUT2D eigenvalue weighted by molar-refractivity contribution is 5.47. The van der Waals surface area contributed by atoms with Crippen LogP contribution in [0.3, 0.4) is 0 Å². The van der Waals surface area contributed by atoms with E-state index in [4.69, 9.17) is 22.0 Å². The van der Waals surface area contributed by atoms with E-state index >= 15 is 0 Å². The maximum atomic E-state index is 11.7. The number of terminal acetylenes is 1. The summed E-state index contributed by atoms with van der Waals surface area (Å²) in [5.41, 5.74) is 5.15. The summed E-state index contributed by atoms with van der Waals surface area (Å²) in [7, 11) is 0. The summed E-state index contributed by atoms with van der Waals surface area (Å²) in [6.07, 6.45) is 4.53.